The molecule has 16 heavy (non-hydrogen) atoms. The van der Waals surface area contributed by atoms with Crippen molar-refractivity contribution in [3.63, 3.8) is 0 Å². The average Bonchev–Trinajstić information content (AvgIpc) is 2.77. The summed E-state index contributed by atoms with van der Waals surface area (Å²) in [5, 5.41) is 12.0. The fraction of sp³-hybridized carbons (Fsp3) is 0.200. The Morgan fingerprint density at radius 3 is 2.81 bits per heavy atom. The van der Waals surface area contributed by atoms with E-state index in [1.807, 2.05) is 0 Å². The van der Waals surface area contributed by atoms with Crippen LogP contribution in [0.2, 0.25) is 0 Å². The highest BCUT2D eigenvalue weighted by molar-refractivity contribution is 7.18. The summed E-state index contributed by atoms with van der Waals surface area (Å²) in [6.07, 6.45) is 0. The molecule has 1 N–H and O–H groups in total. The van der Waals surface area contributed by atoms with E-state index in [2.05, 4.69) is 15.5 Å². The summed E-state index contributed by atoms with van der Waals surface area (Å²) >= 11 is 1.34. The van der Waals surface area contributed by atoms with Gasteiger partial charge >= 0.3 is 0 Å². The molecule has 0 aliphatic rings. The molecule has 0 atom stereocenters. The molecule has 1 aromatic carbocycles. The first-order valence-electron chi connectivity index (χ1n) is 4.59. The molecule has 0 radical (unpaired) electrons. The second kappa shape index (κ2) is 4.44. The van der Waals surface area contributed by atoms with Crippen LogP contribution in [0.3, 0.4) is 0 Å². The van der Waals surface area contributed by atoms with Crippen molar-refractivity contribution in [3.8, 4) is 16.3 Å². The minimum Gasteiger partial charge on any atom is -0.496 e. The molecule has 0 saturated heterocycles. The number of methoxy groups -OCH3 is 1. The molecule has 0 aliphatic carbocycles. The van der Waals surface area contributed by atoms with Crippen LogP contribution >= 0.6 is 11.3 Å². The zero-order valence-corrected chi connectivity index (χ0v) is 9.64. The molecular formula is C10H10FN3OS. The predicted octanol–water partition coefficient (Wildman–Crippen LogP) is 2.39. The Morgan fingerprint density at radius 2 is 2.19 bits per heavy atom. The lowest BCUT2D eigenvalue weighted by Crippen LogP contribution is -1.88. The van der Waals surface area contributed by atoms with Crippen LogP contribution in [-0.2, 0) is 0 Å². The quantitative estimate of drug-likeness (QED) is 0.893. The molecule has 1 heterocycles. The van der Waals surface area contributed by atoms with Crippen molar-refractivity contribution in [3.05, 3.63) is 24.0 Å². The van der Waals surface area contributed by atoms with Gasteiger partial charge in [-0.05, 0) is 18.2 Å². The molecule has 1 aromatic heterocycles. The van der Waals surface area contributed by atoms with Gasteiger partial charge in [-0.25, -0.2) is 4.39 Å². The van der Waals surface area contributed by atoms with Gasteiger partial charge in [0.1, 0.15) is 11.6 Å². The lowest BCUT2D eigenvalue weighted by molar-refractivity contribution is 0.415. The fourth-order valence-corrected chi connectivity index (χ4v) is 2.00. The molecule has 2 rings (SSSR count). The third kappa shape index (κ3) is 1.96. The maximum atomic E-state index is 13.1. The van der Waals surface area contributed by atoms with Gasteiger partial charge in [-0.2, -0.15) is 0 Å². The van der Waals surface area contributed by atoms with Crippen molar-refractivity contribution in [2.75, 3.05) is 19.5 Å². The van der Waals surface area contributed by atoms with Gasteiger partial charge in [0.2, 0.25) is 5.13 Å². The predicted molar refractivity (Wildman–Crippen MR) is 61.4 cm³/mol. The summed E-state index contributed by atoms with van der Waals surface area (Å²) in [7, 11) is 3.30. The van der Waals surface area contributed by atoms with Crippen LogP contribution in [0, 0.1) is 5.82 Å². The molecule has 0 bridgehead atoms. The topological polar surface area (TPSA) is 47.0 Å². The van der Waals surface area contributed by atoms with E-state index in [-0.39, 0.29) is 5.82 Å². The normalized spacial score (nSPS) is 10.2. The molecular weight excluding hydrogens is 229 g/mol. The third-order valence-electron chi connectivity index (χ3n) is 2.03. The number of nitrogens with one attached hydrogen (secondary N) is 1. The number of rotatable bonds is 3. The molecule has 0 fully saturated rings. The van der Waals surface area contributed by atoms with Gasteiger partial charge in [0.25, 0.3) is 0 Å². The number of benzene rings is 1. The molecule has 0 spiro atoms. The van der Waals surface area contributed by atoms with Crippen LogP contribution < -0.4 is 10.1 Å². The van der Waals surface area contributed by atoms with Crippen LogP contribution in [0.4, 0.5) is 9.52 Å². The highest BCUT2D eigenvalue weighted by Crippen LogP contribution is 2.33. The maximum absolute atomic E-state index is 13.1. The second-order valence-electron chi connectivity index (χ2n) is 3.01. The van der Waals surface area contributed by atoms with E-state index in [0.717, 1.165) is 0 Å². The van der Waals surface area contributed by atoms with Gasteiger partial charge in [-0.15, -0.1) is 10.2 Å². The first-order valence-corrected chi connectivity index (χ1v) is 5.41. The van der Waals surface area contributed by atoms with E-state index in [1.165, 1.54) is 30.6 Å². The molecule has 4 nitrogen and oxygen atoms in total. The Bertz CT molecular complexity index is 501. The van der Waals surface area contributed by atoms with Gasteiger partial charge in [-0.3, -0.25) is 0 Å². The Labute approximate surface area is 96.1 Å². The Kier molecular flexibility index (Phi) is 3.00. The standard InChI is InChI=1S/C10H10FN3OS/c1-12-10-14-13-9(16-10)7-5-6(11)3-4-8(7)15-2/h3-5H,1-2H3,(H,12,14). The average molecular weight is 239 g/mol. The molecule has 0 amide bonds. The maximum Gasteiger partial charge on any atom is 0.205 e. The largest absolute Gasteiger partial charge is 0.496 e. The van der Waals surface area contributed by atoms with Gasteiger partial charge in [0.15, 0.2) is 5.01 Å². The van der Waals surface area contributed by atoms with Gasteiger partial charge in [0.05, 0.1) is 12.7 Å². The zero-order valence-electron chi connectivity index (χ0n) is 8.82. The van der Waals surface area contributed by atoms with Crippen LogP contribution in [0.5, 0.6) is 5.75 Å². The van der Waals surface area contributed by atoms with Crippen molar-refractivity contribution in [2.24, 2.45) is 0 Å². The number of aromatic nitrogens is 2. The van der Waals surface area contributed by atoms with E-state index in [4.69, 9.17) is 4.74 Å². The third-order valence-corrected chi connectivity index (χ3v) is 3.00. The minimum atomic E-state index is -0.322. The minimum absolute atomic E-state index is 0.322. The Morgan fingerprint density at radius 1 is 1.38 bits per heavy atom. The molecule has 84 valence electrons. The molecule has 6 heteroatoms. The van der Waals surface area contributed by atoms with Crippen molar-refractivity contribution >= 4 is 16.5 Å². The highest BCUT2D eigenvalue weighted by atomic mass is 32.1. The van der Waals surface area contributed by atoms with Crippen molar-refractivity contribution in [1.29, 1.82) is 0 Å². The fourth-order valence-electron chi connectivity index (χ4n) is 1.28. The Hall–Kier alpha value is -1.69. The number of ether oxygens (including phenoxy) is 1. The first-order chi connectivity index (χ1) is 7.74. The van der Waals surface area contributed by atoms with E-state index in [0.29, 0.717) is 21.5 Å². The summed E-state index contributed by atoms with van der Waals surface area (Å²) in [5.41, 5.74) is 0.613. The summed E-state index contributed by atoms with van der Waals surface area (Å²) in [6.45, 7) is 0. The molecule has 0 aliphatic heterocycles. The van der Waals surface area contributed by atoms with Crippen molar-refractivity contribution in [2.45, 2.75) is 0 Å². The van der Waals surface area contributed by atoms with E-state index >= 15 is 0 Å². The molecule has 2 aromatic rings. The SMILES string of the molecule is CNc1nnc(-c2cc(F)ccc2OC)s1. The van der Waals surface area contributed by atoms with Gasteiger partial charge in [0, 0.05) is 7.05 Å². The van der Waals surface area contributed by atoms with Crippen molar-refractivity contribution < 1.29 is 9.13 Å². The highest BCUT2D eigenvalue weighted by Gasteiger charge is 2.12. The lowest BCUT2D eigenvalue weighted by Gasteiger charge is -2.04. The summed E-state index contributed by atoms with van der Waals surface area (Å²) in [4.78, 5) is 0. The van der Waals surface area contributed by atoms with Gasteiger partial charge < -0.3 is 10.1 Å². The summed E-state index contributed by atoms with van der Waals surface area (Å²) < 4.78 is 18.3. The van der Waals surface area contributed by atoms with E-state index in [1.54, 1.807) is 13.1 Å². The first kappa shape index (κ1) is 10.8. The monoisotopic (exact) mass is 239 g/mol. The van der Waals surface area contributed by atoms with E-state index in [9.17, 15) is 4.39 Å². The second-order valence-corrected chi connectivity index (χ2v) is 3.98. The van der Waals surface area contributed by atoms with Crippen molar-refractivity contribution in [1.82, 2.24) is 10.2 Å². The molecule has 0 unspecified atom stereocenters. The summed E-state index contributed by atoms with van der Waals surface area (Å²) in [6, 6.07) is 4.31. The number of hydrogen-bond donors (Lipinski definition) is 1. The van der Waals surface area contributed by atoms with E-state index < -0.39 is 0 Å². The van der Waals surface area contributed by atoms with Crippen LogP contribution in [-0.4, -0.2) is 24.4 Å². The van der Waals surface area contributed by atoms with Gasteiger partial charge in [-0.1, -0.05) is 11.3 Å². The number of hydrogen-bond acceptors (Lipinski definition) is 5. The molecule has 0 saturated carbocycles. The Balaban J connectivity index is 2.49. The van der Waals surface area contributed by atoms with Crippen LogP contribution in [0.1, 0.15) is 0 Å². The van der Waals surface area contributed by atoms with Crippen LogP contribution in [0.15, 0.2) is 18.2 Å². The number of halogens is 1. The zero-order chi connectivity index (χ0) is 11.5. The number of nitrogens with zero attached hydrogens (tertiary/aromatic N) is 2. The lowest BCUT2D eigenvalue weighted by atomic mass is 10.2. The van der Waals surface area contributed by atoms with Crippen LogP contribution in [0.25, 0.3) is 10.6 Å². The smallest absolute Gasteiger partial charge is 0.205 e. The number of anilines is 1. The summed E-state index contributed by atoms with van der Waals surface area (Å²) in [5.74, 6) is 0.261.